The van der Waals surface area contributed by atoms with Gasteiger partial charge >= 0.3 is 0 Å². The SMILES string of the molecule is Cc1cc(C)nc(SCc2csc(/C(C#N)=C\c3ccc(O)c(C)c3)n2)n1. The Hall–Kier alpha value is -2.69. The van der Waals surface area contributed by atoms with Gasteiger partial charge in [-0.05, 0) is 56.2 Å². The van der Waals surface area contributed by atoms with Crippen molar-refractivity contribution in [3.05, 3.63) is 62.9 Å². The predicted molar refractivity (Wildman–Crippen MR) is 110 cm³/mol. The van der Waals surface area contributed by atoms with E-state index in [0.717, 1.165) is 33.4 Å². The summed E-state index contributed by atoms with van der Waals surface area (Å²) in [4.78, 5) is 13.4. The third-order valence-corrected chi connectivity index (χ3v) is 5.55. The van der Waals surface area contributed by atoms with Crippen LogP contribution in [-0.2, 0) is 5.75 Å². The molecule has 0 bridgehead atoms. The van der Waals surface area contributed by atoms with Crippen LogP contribution < -0.4 is 0 Å². The third kappa shape index (κ3) is 4.94. The Balaban J connectivity index is 1.76. The highest BCUT2D eigenvalue weighted by atomic mass is 32.2. The molecule has 0 aliphatic rings. The normalized spacial score (nSPS) is 11.4. The maximum atomic E-state index is 9.63. The van der Waals surface area contributed by atoms with E-state index < -0.39 is 0 Å². The van der Waals surface area contributed by atoms with Gasteiger partial charge in [0.15, 0.2) is 5.16 Å². The Bertz CT molecular complexity index is 1030. The number of phenols is 1. The van der Waals surface area contributed by atoms with Crippen LogP contribution in [0.1, 0.15) is 33.2 Å². The molecule has 5 nitrogen and oxygen atoms in total. The van der Waals surface area contributed by atoms with Crippen LogP contribution in [0.15, 0.2) is 34.8 Å². The zero-order chi connectivity index (χ0) is 19.4. The highest BCUT2D eigenvalue weighted by Gasteiger charge is 2.10. The smallest absolute Gasteiger partial charge is 0.188 e. The Labute approximate surface area is 166 Å². The molecule has 0 atom stereocenters. The minimum atomic E-state index is 0.243. The molecule has 0 amide bonds. The first kappa shape index (κ1) is 19.1. The van der Waals surface area contributed by atoms with Crippen LogP contribution in [0.3, 0.4) is 0 Å². The van der Waals surface area contributed by atoms with Crippen molar-refractivity contribution in [1.82, 2.24) is 15.0 Å². The Morgan fingerprint density at radius 2 is 1.93 bits per heavy atom. The summed E-state index contributed by atoms with van der Waals surface area (Å²) in [6.07, 6.45) is 1.79. The lowest BCUT2D eigenvalue weighted by Crippen LogP contribution is -1.93. The summed E-state index contributed by atoms with van der Waals surface area (Å²) in [5.41, 5.74) is 4.92. The van der Waals surface area contributed by atoms with Crippen molar-refractivity contribution in [3.63, 3.8) is 0 Å². The fourth-order valence-corrected chi connectivity index (χ4v) is 4.20. The second-order valence-electron chi connectivity index (χ2n) is 6.08. The number of benzene rings is 1. The molecule has 0 unspecified atom stereocenters. The summed E-state index contributed by atoms with van der Waals surface area (Å²) in [5, 5.41) is 22.5. The molecule has 0 saturated carbocycles. The first-order valence-corrected chi connectivity index (χ1v) is 10.1. The molecule has 1 N–H and O–H groups in total. The van der Waals surface area contributed by atoms with E-state index in [9.17, 15) is 10.4 Å². The van der Waals surface area contributed by atoms with Gasteiger partial charge in [0.05, 0.1) is 11.3 Å². The second-order valence-corrected chi connectivity index (χ2v) is 7.88. The number of phenolic OH excluding ortho intramolecular Hbond substituents is 1. The molecule has 0 spiro atoms. The lowest BCUT2D eigenvalue weighted by atomic mass is 10.1. The van der Waals surface area contributed by atoms with Crippen molar-refractivity contribution < 1.29 is 5.11 Å². The lowest BCUT2D eigenvalue weighted by Gasteiger charge is -2.01. The Kier molecular flexibility index (Phi) is 5.89. The molecule has 7 heteroatoms. The first-order chi connectivity index (χ1) is 12.9. The fraction of sp³-hybridized carbons (Fsp3) is 0.200. The van der Waals surface area contributed by atoms with Crippen molar-refractivity contribution in [1.29, 1.82) is 5.26 Å². The van der Waals surface area contributed by atoms with Crippen molar-refractivity contribution in [2.45, 2.75) is 31.7 Å². The monoisotopic (exact) mass is 394 g/mol. The van der Waals surface area contributed by atoms with Crippen LogP contribution in [0.25, 0.3) is 11.6 Å². The minimum absolute atomic E-state index is 0.243. The van der Waals surface area contributed by atoms with Gasteiger partial charge in [0.2, 0.25) is 0 Å². The molecule has 2 aromatic heterocycles. The topological polar surface area (TPSA) is 82.7 Å². The average Bonchev–Trinajstić information content (AvgIpc) is 3.09. The minimum Gasteiger partial charge on any atom is -0.508 e. The highest BCUT2D eigenvalue weighted by Crippen LogP contribution is 2.26. The number of aryl methyl sites for hydroxylation is 3. The maximum absolute atomic E-state index is 9.63. The van der Waals surface area contributed by atoms with Crippen molar-refractivity contribution >= 4 is 34.7 Å². The number of rotatable bonds is 5. The number of thioether (sulfide) groups is 1. The standard InChI is InChI=1S/C20H18N4OS2/c1-12-6-15(4-5-18(12)25)8-16(9-21)19-24-17(10-26-19)11-27-20-22-13(2)7-14(3)23-20/h4-8,10,25H,11H2,1-3H3/b16-8-. The molecule has 0 radical (unpaired) electrons. The van der Waals surface area contributed by atoms with Crippen molar-refractivity contribution in [3.8, 4) is 11.8 Å². The van der Waals surface area contributed by atoms with Gasteiger partial charge in [0.25, 0.3) is 0 Å². The van der Waals surface area contributed by atoms with E-state index in [2.05, 4.69) is 21.0 Å². The summed E-state index contributed by atoms with van der Waals surface area (Å²) >= 11 is 2.98. The predicted octanol–water partition coefficient (Wildman–Crippen LogP) is 4.92. The Morgan fingerprint density at radius 1 is 1.19 bits per heavy atom. The maximum Gasteiger partial charge on any atom is 0.188 e. The summed E-state index contributed by atoms with van der Waals surface area (Å²) < 4.78 is 0. The van der Waals surface area contributed by atoms with Gasteiger partial charge in [-0.3, -0.25) is 0 Å². The number of nitriles is 1. The zero-order valence-corrected chi connectivity index (χ0v) is 16.9. The molecule has 2 heterocycles. The molecule has 0 aliphatic carbocycles. The van der Waals surface area contributed by atoms with Gasteiger partial charge in [-0.2, -0.15) is 5.26 Å². The van der Waals surface area contributed by atoms with Crippen LogP contribution in [0.5, 0.6) is 5.75 Å². The van der Waals surface area contributed by atoms with Gasteiger partial charge in [-0.15, -0.1) is 11.3 Å². The molecule has 3 aromatic rings. The number of nitrogens with zero attached hydrogens (tertiary/aromatic N) is 4. The van der Waals surface area contributed by atoms with Crippen LogP contribution in [0.4, 0.5) is 0 Å². The number of hydrogen-bond donors (Lipinski definition) is 1. The highest BCUT2D eigenvalue weighted by molar-refractivity contribution is 7.98. The number of allylic oxidation sites excluding steroid dienone is 1. The van der Waals surface area contributed by atoms with E-state index in [0.29, 0.717) is 16.3 Å². The van der Waals surface area contributed by atoms with Gasteiger partial charge in [-0.25, -0.2) is 15.0 Å². The zero-order valence-electron chi connectivity index (χ0n) is 15.2. The molecule has 27 heavy (non-hydrogen) atoms. The largest absolute Gasteiger partial charge is 0.508 e. The van der Waals surface area contributed by atoms with E-state index in [1.807, 2.05) is 38.3 Å². The summed E-state index contributed by atoms with van der Waals surface area (Å²) in [6.45, 7) is 5.73. The van der Waals surface area contributed by atoms with E-state index in [1.165, 1.54) is 23.1 Å². The van der Waals surface area contributed by atoms with E-state index in [-0.39, 0.29) is 5.75 Å². The summed E-state index contributed by atoms with van der Waals surface area (Å²) in [5.74, 6) is 0.893. The molecular weight excluding hydrogens is 376 g/mol. The van der Waals surface area contributed by atoms with Crippen LogP contribution in [-0.4, -0.2) is 20.1 Å². The number of hydrogen-bond acceptors (Lipinski definition) is 7. The average molecular weight is 395 g/mol. The lowest BCUT2D eigenvalue weighted by molar-refractivity contribution is 0.471. The Morgan fingerprint density at radius 3 is 2.59 bits per heavy atom. The van der Waals surface area contributed by atoms with Crippen molar-refractivity contribution in [2.24, 2.45) is 0 Å². The molecular formula is C20H18N4OS2. The van der Waals surface area contributed by atoms with E-state index >= 15 is 0 Å². The van der Waals surface area contributed by atoms with Gasteiger partial charge in [0.1, 0.15) is 16.8 Å². The molecule has 0 saturated heterocycles. The quantitative estimate of drug-likeness (QED) is 0.376. The molecule has 3 rings (SSSR count). The van der Waals surface area contributed by atoms with Crippen molar-refractivity contribution in [2.75, 3.05) is 0 Å². The van der Waals surface area contributed by atoms with Gasteiger partial charge < -0.3 is 5.11 Å². The summed E-state index contributed by atoms with van der Waals surface area (Å²) in [6, 6.07) is 9.41. The number of thiazole rings is 1. The van der Waals surface area contributed by atoms with Crippen LogP contribution in [0.2, 0.25) is 0 Å². The molecule has 1 aromatic carbocycles. The number of aromatic hydroxyl groups is 1. The van der Waals surface area contributed by atoms with E-state index in [1.54, 1.807) is 18.2 Å². The second kappa shape index (κ2) is 8.33. The van der Waals surface area contributed by atoms with Crippen LogP contribution in [0, 0.1) is 32.1 Å². The molecule has 0 aliphatic heterocycles. The van der Waals surface area contributed by atoms with E-state index in [4.69, 9.17) is 0 Å². The first-order valence-electron chi connectivity index (χ1n) is 8.26. The fourth-order valence-electron chi connectivity index (χ4n) is 2.47. The van der Waals surface area contributed by atoms with Gasteiger partial charge in [0, 0.05) is 22.5 Å². The van der Waals surface area contributed by atoms with Gasteiger partial charge in [-0.1, -0.05) is 17.8 Å². The summed E-state index contributed by atoms with van der Waals surface area (Å²) in [7, 11) is 0. The molecule has 0 fully saturated rings. The third-order valence-electron chi connectivity index (χ3n) is 3.75. The van der Waals surface area contributed by atoms with Crippen LogP contribution >= 0.6 is 23.1 Å². The number of aromatic nitrogens is 3. The molecule has 136 valence electrons.